The fourth-order valence-corrected chi connectivity index (χ4v) is 3.65. The van der Waals surface area contributed by atoms with E-state index in [-0.39, 0.29) is 34.1 Å². The molecular formula is C22H32N4O4+2. The number of hydrogen-bond donors (Lipinski definition) is 0. The van der Waals surface area contributed by atoms with Crippen molar-refractivity contribution in [3.63, 3.8) is 0 Å². The minimum absolute atomic E-state index is 0.0408. The second-order valence-electron chi connectivity index (χ2n) is 10.3. The first-order chi connectivity index (χ1) is 13.7. The quantitative estimate of drug-likeness (QED) is 0.512. The van der Waals surface area contributed by atoms with Crippen molar-refractivity contribution in [2.75, 3.05) is 48.8 Å². The molecule has 2 aromatic heterocycles. The molecule has 162 valence electrons. The van der Waals surface area contributed by atoms with Gasteiger partial charge in [-0.2, -0.15) is 0 Å². The van der Waals surface area contributed by atoms with Gasteiger partial charge in [-0.1, -0.05) is 0 Å². The van der Waals surface area contributed by atoms with Gasteiger partial charge < -0.3 is 8.97 Å². The third-order valence-electron chi connectivity index (χ3n) is 6.04. The molecule has 0 saturated carbocycles. The van der Waals surface area contributed by atoms with Crippen molar-refractivity contribution in [2.24, 2.45) is 0 Å². The van der Waals surface area contributed by atoms with Crippen LogP contribution in [0.3, 0.4) is 0 Å². The summed E-state index contributed by atoms with van der Waals surface area (Å²) in [6.45, 7) is 3.40. The summed E-state index contributed by atoms with van der Waals surface area (Å²) < 4.78 is 3.79. The molecule has 0 aliphatic rings. The molecule has 0 aliphatic heterocycles. The van der Waals surface area contributed by atoms with Crippen LogP contribution in [-0.4, -0.2) is 73.0 Å². The van der Waals surface area contributed by atoms with Crippen molar-refractivity contribution in [1.82, 2.24) is 9.13 Å². The standard InChI is InChI=1S/C22H32N4O4/c1-14(26(5,6)7)13-24-21(29)17-11-15-16(12-18(17)22(24)30)20(28)23(19(15)27)9-8-10-25(2,3)4/h11-12,14H,8-10,13H2,1-7H3/q+2. The number of likely N-dealkylation sites (N-methyl/N-ethyl adjacent to an activating group) is 1. The maximum atomic E-state index is 12.9. The Bertz CT molecular complexity index is 1230. The zero-order valence-electron chi connectivity index (χ0n) is 19.0. The van der Waals surface area contributed by atoms with Crippen molar-refractivity contribution in [3.8, 4) is 0 Å². The molecule has 0 N–H and O–H groups in total. The molecule has 3 aromatic rings. The predicted molar refractivity (Wildman–Crippen MR) is 120 cm³/mol. The molecule has 0 spiro atoms. The molecule has 1 aromatic carbocycles. The van der Waals surface area contributed by atoms with Gasteiger partial charge in [0.25, 0.3) is 22.2 Å². The molecule has 1 atom stereocenters. The third kappa shape index (κ3) is 3.89. The monoisotopic (exact) mass is 416 g/mol. The van der Waals surface area contributed by atoms with Crippen molar-refractivity contribution >= 4 is 21.5 Å². The Kier molecular flexibility index (Phi) is 5.37. The lowest BCUT2D eigenvalue weighted by Gasteiger charge is -2.31. The van der Waals surface area contributed by atoms with Crippen LogP contribution in [0.5, 0.6) is 0 Å². The van der Waals surface area contributed by atoms with Crippen LogP contribution in [0.25, 0.3) is 21.5 Å². The molecule has 0 radical (unpaired) electrons. The molecule has 8 nitrogen and oxygen atoms in total. The number of rotatable bonds is 7. The minimum Gasteiger partial charge on any atom is -0.331 e. The highest BCUT2D eigenvalue weighted by Crippen LogP contribution is 2.15. The Hall–Kier alpha value is -2.58. The van der Waals surface area contributed by atoms with Crippen molar-refractivity contribution in [1.29, 1.82) is 0 Å². The van der Waals surface area contributed by atoms with Gasteiger partial charge in [-0.15, -0.1) is 0 Å². The Labute approximate surface area is 175 Å². The zero-order valence-corrected chi connectivity index (χ0v) is 19.0. The van der Waals surface area contributed by atoms with E-state index in [1.165, 1.54) is 21.3 Å². The Morgan fingerprint density at radius 2 is 1.13 bits per heavy atom. The van der Waals surface area contributed by atoms with Gasteiger partial charge in [0, 0.05) is 13.0 Å². The number of aromatic nitrogens is 2. The summed E-state index contributed by atoms with van der Waals surface area (Å²) in [6.07, 6.45) is 0.684. The molecule has 0 bridgehead atoms. The summed E-state index contributed by atoms with van der Waals surface area (Å²) in [6, 6.07) is 2.90. The van der Waals surface area contributed by atoms with E-state index in [0.717, 1.165) is 11.0 Å². The second kappa shape index (κ2) is 7.28. The second-order valence-corrected chi connectivity index (χ2v) is 10.3. The van der Waals surface area contributed by atoms with Crippen LogP contribution in [0.1, 0.15) is 13.3 Å². The van der Waals surface area contributed by atoms with Crippen LogP contribution in [0.2, 0.25) is 0 Å². The third-order valence-corrected chi connectivity index (χ3v) is 6.04. The highest BCUT2D eigenvalue weighted by atomic mass is 16.2. The van der Waals surface area contributed by atoms with Crippen LogP contribution >= 0.6 is 0 Å². The molecule has 30 heavy (non-hydrogen) atoms. The maximum Gasteiger partial charge on any atom is 0.261 e. The van der Waals surface area contributed by atoms with Crippen LogP contribution < -0.4 is 22.2 Å². The highest BCUT2D eigenvalue weighted by Gasteiger charge is 2.24. The van der Waals surface area contributed by atoms with E-state index in [9.17, 15) is 19.2 Å². The van der Waals surface area contributed by atoms with Gasteiger partial charge >= 0.3 is 0 Å². The van der Waals surface area contributed by atoms with Gasteiger partial charge in [0.15, 0.2) is 0 Å². The van der Waals surface area contributed by atoms with Gasteiger partial charge in [-0.05, 0) is 19.1 Å². The molecule has 0 aliphatic carbocycles. The average molecular weight is 417 g/mol. The Morgan fingerprint density at radius 3 is 1.50 bits per heavy atom. The Balaban J connectivity index is 2.10. The van der Waals surface area contributed by atoms with E-state index >= 15 is 0 Å². The van der Waals surface area contributed by atoms with Gasteiger partial charge in [0.1, 0.15) is 6.04 Å². The molecular weight excluding hydrogens is 384 g/mol. The smallest absolute Gasteiger partial charge is 0.261 e. The largest absolute Gasteiger partial charge is 0.331 e. The maximum absolute atomic E-state index is 12.9. The summed E-state index contributed by atoms with van der Waals surface area (Å²) in [5, 5.41) is 0.849. The van der Waals surface area contributed by atoms with Gasteiger partial charge in [-0.3, -0.25) is 28.3 Å². The van der Waals surface area contributed by atoms with Crippen molar-refractivity contribution in [2.45, 2.75) is 32.5 Å². The lowest BCUT2D eigenvalue weighted by molar-refractivity contribution is -0.894. The van der Waals surface area contributed by atoms with Gasteiger partial charge in [-0.25, -0.2) is 0 Å². The number of fused-ring (bicyclic) bond motifs is 2. The van der Waals surface area contributed by atoms with Crippen LogP contribution in [0, 0.1) is 0 Å². The summed E-state index contributed by atoms with van der Waals surface area (Å²) in [5.74, 6) is 0. The summed E-state index contributed by atoms with van der Waals surface area (Å²) in [7, 11) is 12.2. The summed E-state index contributed by atoms with van der Waals surface area (Å²) in [5.41, 5.74) is -1.58. The van der Waals surface area contributed by atoms with Crippen LogP contribution in [0.4, 0.5) is 0 Å². The minimum atomic E-state index is -0.401. The molecule has 8 heteroatoms. The fraction of sp³-hybridized carbons (Fsp3) is 0.545. The molecule has 1 unspecified atom stereocenters. The van der Waals surface area contributed by atoms with E-state index in [0.29, 0.717) is 17.4 Å². The van der Waals surface area contributed by atoms with Crippen molar-refractivity contribution in [3.05, 3.63) is 53.5 Å². The summed E-state index contributed by atoms with van der Waals surface area (Å²) >= 11 is 0. The number of nitrogens with zero attached hydrogens (tertiary/aromatic N) is 4. The van der Waals surface area contributed by atoms with Crippen molar-refractivity contribution < 1.29 is 8.97 Å². The van der Waals surface area contributed by atoms with Crippen LogP contribution in [-0.2, 0) is 13.1 Å². The Morgan fingerprint density at radius 1 is 0.733 bits per heavy atom. The molecule has 0 fully saturated rings. The van der Waals surface area contributed by atoms with E-state index < -0.39 is 22.2 Å². The molecule has 0 saturated heterocycles. The van der Waals surface area contributed by atoms with E-state index in [1.54, 1.807) is 0 Å². The lowest BCUT2D eigenvalue weighted by atomic mass is 10.1. The lowest BCUT2D eigenvalue weighted by Crippen LogP contribution is -2.47. The van der Waals surface area contributed by atoms with E-state index in [4.69, 9.17) is 0 Å². The topological polar surface area (TPSA) is 78.1 Å². The molecule has 0 amide bonds. The highest BCUT2D eigenvalue weighted by molar-refractivity contribution is 5.97. The molecule has 3 rings (SSSR count). The van der Waals surface area contributed by atoms with Gasteiger partial charge in [0.05, 0.1) is 76.9 Å². The fourth-order valence-electron chi connectivity index (χ4n) is 3.65. The first-order valence-electron chi connectivity index (χ1n) is 10.2. The van der Waals surface area contributed by atoms with Gasteiger partial charge in [0.2, 0.25) is 0 Å². The predicted octanol–water partition coefficient (Wildman–Crippen LogP) is 0.103. The summed E-state index contributed by atoms with van der Waals surface area (Å²) in [4.78, 5) is 51.5. The SMILES string of the molecule is CC(Cn1c(=O)c2cc3c(=O)n(CCC[N+](C)(C)C)c(=O)c3cc2c1=O)[N+](C)(C)C. The van der Waals surface area contributed by atoms with Crippen LogP contribution in [0.15, 0.2) is 31.3 Å². The first kappa shape index (κ1) is 22.1. The normalized spacial score (nSPS) is 14.1. The number of benzene rings is 1. The number of quaternary nitrogens is 2. The first-order valence-corrected chi connectivity index (χ1v) is 10.2. The van der Waals surface area contributed by atoms with E-state index in [1.807, 2.05) is 28.1 Å². The molecule has 2 heterocycles. The van der Waals surface area contributed by atoms with E-state index in [2.05, 4.69) is 21.1 Å². The zero-order chi connectivity index (χ0) is 22.6. The number of hydrogen-bond acceptors (Lipinski definition) is 4. The average Bonchev–Trinajstić information content (AvgIpc) is 2.99.